The lowest BCUT2D eigenvalue weighted by molar-refractivity contribution is 0.0598. The molecule has 0 bridgehead atoms. The topological polar surface area (TPSA) is 59.8 Å². The van der Waals surface area contributed by atoms with Gasteiger partial charge in [-0.1, -0.05) is 17.7 Å². The fraction of sp³-hybridized carbons (Fsp3) is 0.333. The monoisotopic (exact) mass is 315 g/mol. The maximum atomic E-state index is 12.6. The van der Waals surface area contributed by atoms with E-state index in [4.69, 9.17) is 9.15 Å². The van der Waals surface area contributed by atoms with E-state index in [0.29, 0.717) is 22.6 Å². The fourth-order valence-electron chi connectivity index (χ4n) is 2.50. The van der Waals surface area contributed by atoms with Gasteiger partial charge < -0.3 is 14.1 Å². The van der Waals surface area contributed by atoms with Gasteiger partial charge in [-0.3, -0.25) is 4.79 Å². The molecular formula is C18H21NO4. The van der Waals surface area contributed by atoms with Gasteiger partial charge in [0.15, 0.2) is 0 Å². The first-order valence-electron chi connectivity index (χ1n) is 7.33. The second kappa shape index (κ2) is 6.69. The third-order valence-corrected chi connectivity index (χ3v) is 3.73. The van der Waals surface area contributed by atoms with Gasteiger partial charge in [-0.05, 0) is 38.5 Å². The molecule has 1 aromatic carbocycles. The number of hydrogen-bond donors (Lipinski definition) is 0. The number of rotatable bonds is 4. The van der Waals surface area contributed by atoms with Crippen molar-refractivity contribution in [3.05, 3.63) is 58.0 Å². The zero-order valence-electron chi connectivity index (χ0n) is 14.1. The number of methoxy groups -OCH3 is 1. The number of esters is 1. The van der Waals surface area contributed by atoms with E-state index in [-0.39, 0.29) is 12.5 Å². The Morgan fingerprint density at radius 3 is 2.43 bits per heavy atom. The maximum Gasteiger partial charge on any atom is 0.341 e. The Bertz CT molecular complexity index is 745. The van der Waals surface area contributed by atoms with Crippen molar-refractivity contribution in [2.24, 2.45) is 0 Å². The highest BCUT2D eigenvalue weighted by atomic mass is 16.5. The van der Waals surface area contributed by atoms with Crippen LogP contribution >= 0.6 is 0 Å². The standard InChI is InChI=1S/C18H21NO4/c1-11-6-7-15(12(2)8-11)17(20)19(4)10-14-9-16(13(3)23-14)18(21)22-5/h6-9H,10H2,1-5H3. The van der Waals surface area contributed by atoms with Gasteiger partial charge >= 0.3 is 5.97 Å². The Kier molecular flexibility index (Phi) is 4.89. The molecule has 0 aliphatic heterocycles. The average molecular weight is 315 g/mol. The van der Waals surface area contributed by atoms with Gasteiger partial charge in [-0.2, -0.15) is 0 Å². The number of carbonyl (C=O) groups excluding carboxylic acids is 2. The van der Waals surface area contributed by atoms with Crippen LogP contribution in [0.3, 0.4) is 0 Å². The highest BCUT2D eigenvalue weighted by Crippen LogP contribution is 2.19. The van der Waals surface area contributed by atoms with E-state index >= 15 is 0 Å². The van der Waals surface area contributed by atoms with Crippen LogP contribution in [0.2, 0.25) is 0 Å². The van der Waals surface area contributed by atoms with Crippen LogP contribution in [-0.4, -0.2) is 30.9 Å². The zero-order valence-corrected chi connectivity index (χ0v) is 14.1. The number of benzene rings is 1. The summed E-state index contributed by atoms with van der Waals surface area (Å²) in [5, 5.41) is 0. The second-order valence-corrected chi connectivity index (χ2v) is 5.65. The summed E-state index contributed by atoms with van der Waals surface area (Å²) in [4.78, 5) is 25.7. The van der Waals surface area contributed by atoms with Crippen LogP contribution in [0.25, 0.3) is 0 Å². The average Bonchev–Trinajstić information content (AvgIpc) is 2.86. The minimum Gasteiger partial charge on any atom is -0.465 e. The molecule has 1 heterocycles. The highest BCUT2D eigenvalue weighted by molar-refractivity contribution is 5.95. The molecular weight excluding hydrogens is 294 g/mol. The van der Waals surface area contributed by atoms with E-state index in [1.165, 1.54) is 7.11 Å². The lowest BCUT2D eigenvalue weighted by Crippen LogP contribution is -2.26. The van der Waals surface area contributed by atoms with Crippen LogP contribution in [0.15, 0.2) is 28.7 Å². The Morgan fingerprint density at radius 1 is 1.13 bits per heavy atom. The third-order valence-electron chi connectivity index (χ3n) is 3.73. The lowest BCUT2D eigenvalue weighted by atomic mass is 10.0. The van der Waals surface area contributed by atoms with E-state index in [9.17, 15) is 9.59 Å². The molecule has 0 unspecified atom stereocenters. The summed E-state index contributed by atoms with van der Waals surface area (Å²) in [7, 11) is 3.03. The molecule has 5 heteroatoms. The van der Waals surface area contributed by atoms with Gasteiger partial charge in [0.2, 0.25) is 0 Å². The van der Waals surface area contributed by atoms with Crippen molar-refractivity contribution in [2.75, 3.05) is 14.2 Å². The summed E-state index contributed by atoms with van der Waals surface area (Å²) >= 11 is 0. The van der Waals surface area contributed by atoms with Crippen molar-refractivity contribution < 1.29 is 18.7 Å². The van der Waals surface area contributed by atoms with Gasteiger partial charge in [0.25, 0.3) is 5.91 Å². The zero-order chi connectivity index (χ0) is 17.1. The van der Waals surface area contributed by atoms with E-state index in [1.54, 1.807) is 24.9 Å². The van der Waals surface area contributed by atoms with Crippen LogP contribution < -0.4 is 0 Å². The van der Waals surface area contributed by atoms with E-state index in [1.807, 2.05) is 32.0 Å². The summed E-state index contributed by atoms with van der Waals surface area (Å²) < 4.78 is 10.2. The number of carbonyl (C=O) groups is 2. The van der Waals surface area contributed by atoms with Gasteiger partial charge in [0.05, 0.1) is 13.7 Å². The molecule has 0 atom stereocenters. The Hall–Kier alpha value is -2.56. The van der Waals surface area contributed by atoms with Crippen molar-refractivity contribution in [2.45, 2.75) is 27.3 Å². The molecule has 2 rings (SSSR count). The molecule has 0 radical (unpaired) electrons. The second-order valence-electron chi connectivity index (χ2n) is 5.65. The molecule has 23 heavy (non-hydrogen) atoms. The minimum atomic E-state index is -0.444. The smallest absolute Gasteiger partial charge is 0.341 e. The number of ether oxygens (including phenoxy) is 1. The molecule has 0 aliphatic carbocycles. The Labute approximate surface area is 135 Å². The number of hydrogen-bond acceptors (Lipinski definition) is 4. The third kappa shape index (κ3) is 3.62. The summed E-state index contributed by atoms with van der Waals surface area (Å²) in [6.45, 7) is 5.89. The molecule has 1 amide bonds. The Morgan fingerprint density at radius 2 is 1.83 bits per heavy atom. The van der Waals surface area contributed by atoms with Crippen LogP contribution in [0.1, 0.15) is 43.4 Å². The predicted octanol–water partition coefficient (Wildman–Crippen LogP) is 3.26. The lowest BCUT2D eigenvalue weighted by Gasteiger charge is -2.17. The minimum absolute atomic E-state index is 0.0869. The summed E-state index contributed by atoms with van der Waals surface area (Å²) in [5.74, 6) is 0.500. The molecule has 0 spiro atoms. The van der Waals surface area contributed by atoms with Gasteiger partial charge in [0.1, 0.15) is 17.1 Å². The first-order valence-corrected chi connectivity index (χ1v) is 7.33. The largest absolute Gasteiger partial charge is 0.465 e. The normalized spacial score (nSPS) is 10.5. The number of amides is 1. The van der Waals surface area contributed by atoms with Gasteiger partial charge in [-0.15, -0.1) is 0 Å². The van der Waals surface area contributed by atoms with Crippen molar-refractivity contribution in [3.8, 4) is 0 Å². The SMILES string of the molecule is COC(=O)c1cc(CN(C)C(=O)c2ccc(C)cc2C)oc1C. The summed E-state index contributed by atoms with van der Waals surface area (Å²) in [6.07, 6.45) is 0. The molecule has 0 N–H and O–H groups in total. The molecule has 5 nitrogen and oxygen atoms in total. The van der Waals surface area contributed by atoms with Crippen molar-refractivity contribution in [3.63, 3.8) is 0 Å². The first kappa shape index (κ1) is 16.8. The Balaban J connectivity index is 2.17. The van der Waals surface area contributed by atoms with Crippen LogP contribution in [0.5, 0.6) is 0 Å². The van der Waals surface area contributed by atoms with Crippen molar-refractivity contribution in [1.29, 1.82) is 0 Å². The van der Waals surface area contributed by atoms with E-state index < -0.39 is 5.97 Å². The summed E-state index contributed by atoms with van der Waals surface area (Å²) in [6, 6.07) is 7.34. The number of aryl methyl sites for hydroxylation is 3. The highest BCUT2D eigenvalue weighted by Gasteiger charge is 2.19. The van der Waals surface area contributed by atoms with Gasteiger partial charge in [-0.25, -0.2) is 4.79 Å². The van der Waals surface area contributed by atoms with E-state index in [2.05, 4.69) is 0 Å². The molecule has 2 aromatic rings. The maximum absolute atomic E-state index is 12.6. The molecule has 0 aliphatic rings. The van der Waals surface area contributed by atoms with Crippen LogP contribution in [-0.2, 0) is 11.3 Å². The molecule has 0 saturated carbocycles. The number of furan rings is 1. The summed E-state index contributed by atoms with van der Waals surface area (Å²) in [5.41, 5.74) is 3.10. The molecule has 1 aromatic heterocycles. The van der Waals surface area contributed by atoms with Crippen molar-refractivity contribution >= 4 is 11.9 Å². The van der Waals surface area contributed by atoms with Crippen LogP contribution in [0, 0.1) is 20.8 Å². The molecule has 122 valence electrons. The number of nitrogens with zero attached hydrogens (tertiary/aromatic N) is 1. The first-order chi connectivity index (χ1) is 10.8. The predicted molar refractivity (Wildman–Crippen MR) is 86.5 cm³/mol. The quantitative estimate of drug-likeness (QED) is 0.813. The fourth-order valence-corrected chi connectivity index (χ4v) is 2.50. The van der Waals surface area contributed by atoms with Crippen molar-refractivity contribution in [1.82, 2.24) is 4.90 Å². The molecule has 0 fully saturated rings. The van der Waals surface area contributed by atoms with E-state index in [0.717, 1.165) is 11.1 Å². The van der Waals surface area contributed by atoms with Crippen LogP contribution in [0.4, 0.5) is 0 Å². The van der Waals surface area contributed by atoms with Gasteiger partial charge in [0, 0.05) is 12.6 Å². The molecule has 0 saturated heterocycles.